The molecule has 2 unspecified atom stereocenters. The van der Waals surface area contributed by atoms with E-state index in [1.807, 2.05) is 19.9 Å². The first-order valence-electron chi connectivity index (χ1n) is 8.70. The molecule has 1 N–H and O–H groups in total. The van der Waals surface area contributed by atoms with Gasteiger partial charge in [0.1, 0.15) is 5.82 Å². The van der Waals surface area contributed by atoms with Gasteiger partial charge in [0.2, 0.25) is 0 Å². The van der Waals surface area contributed by atoms with E-state index in [1.54, 1.807) is 24.4 Å². The van der Waals surface area contributed by atoms with Crippen LogP contribution in [0.3, 0.4) is 0 Å². The molecular formula is C19H23N3O4S. The zero-order valence-corrected chi connectivity index (χ0v) is 16.4. The maximum atomic E-state index is 12.4. The second kappa shape index (κ2) is 7.66. The summed E-state index contributed by atoms with van der Waals surface area (Å²) < 4.78 is 29.0. The highest BCUT2D eigenvalue weighted by Crippen LogP contribution is 2.20. The summed E-state index contributed by atoms with van der Waals surface area (Å²) in [6.07, 6.45) is 2.98. The van der Waals surface area contributed by atoms with Crippen molar-refractivity contribution in [2.75, 3.05) is 29.6 Å². The third-order valence-electron chi connectivity index (χ3n) is 4.27. The Kier molecular flexibility index (Phi) is 5.48. The lowest BCUT2D eigenvalue weighted by Gasteiger charge is -2.36. The van der Waals surface area contributed by atoms with Crippen molar-refractivity contribution >= 4 is 27.2 Å². The predicted molar refractivity (Wildman–Crippen MR) is 104 cm³/mol. The van der Waals surface area contributed by atoms with Gasteiger partial charge in [-0.25, -0.2) is 13.4 Å². The van der Waals surface area contributed by atoms with Gasteiger partial charge in [-0.3, -0.25) is 4.79 Å². The lowest BCUT2D eigenvalue weighted by molar-refractivity contribution is -0.00545. The fourth-order valence-corrected chi connectivity index (χ4v) is 3.75. The number of amides is 1. The predicted octanol–water partition coefficient (Wildman–Crippen LogP) is 2.35. The highest BCUT2D eigenvalue weighted by molar-refractivity contribution is 7.90. The van der Waals surface area contributed by atoms with E-state index in [2.05, 4.69) is 15.2 Å². The van der Waals surface area contributed by atoms with E-state index < -0.39 is 9.84 Å². The number of rotatable bonds is 4. The van der Waals surface area contributed by atoms with E-state index in [1.165, 1.54) is 12.1 Å². The largest absolute Gasteiger partial charge is 0.372 e. The fraction of sp³-hybridized carbons (Fsp3) is 0.368. The van der Waals surface area contributed by atoms with Crippen LogP contribution in [0.25, 0.3) is 0 Å². The topological polar surface area (TPSA) is 88.6 Å². The molecule has 27 heavy (non-hydrogen) atoms. The second-order valence-corrected chi connectivity index (χ2v) is 8.84. The molecular weight excluding hydrogens is 366 g/mol. The Labute approximate surface area is 159 Å². The van der Waals surface area contributed by atoms with Gasteiger partial charge in [0.25, 0.3) is 5.91 Å². The summed E-state index contributed by atoms with van der Waals surface area (Å²) in [4.78, 5) is 19.1. The number of morpholine rings is 1. The molecule has 2 atom stereocenters. The van der Waals surface area contributed by atoms with Gasteiger partial charge in [-0.1, -0.05) is 6.07 Å². The molecule has 2 heterocycles. The number of pyridine rings is 1. The number of benzene rings is 1. The minimum atomic E-state index is -3.37. The number of aromatic nitrogens is 1. The maximum absolute atomic E-state index is 12.4. The molecule has 2 aromatic rings. The number of ether oxygens (including phenoxy) is 1. The molecule has 8 heteroatoms. The molecule has 1 aliphatic heterocycles. The summed E-state index contributed by atoms with van der Waals surface area (Å²) in [6.45, 7) is 5.59. The lowest BCUT2D eigenvalue weighted by Crippen LogP contribution is -2.45. The van der Waals surface area contributed by atoms with Crippen LogP contribution in [0.2, 0.25) is 0 Å². The molecule has 1 amide bonds. The van der Waals surface area contributed by atoms with Gasteiger partial charge >= 0.3 is 0 Å². The van der Waals surface area contributed by atoms with Gasteiger partial charge < -0.3 is 15.0 Å². The fourth-order valence-electron chi connectivity index (χ4n) is 3.08. The van der Waals surface area contributed by atoms with E-state index in [9.17, 15) is 13.2 Å². The van der Waals surface area contributed by atoms with Crippen molar-refractivity contribution in [1.29, 1.82) is 0 Å². The van der Waals surface area contributed by atoms with Gasteiger partial charge in [-0.05, 0) is 44.2 Å². The van der Waals surface area contributed by atoms with Crippen molar-refractivity contribution in [2.45, 2.75) is 31.0 Å². The van der Waals surface area contributed by atoms with Crippen LogP contribution < -0.4 is 10.2 Å². The number of nitrogens with zero attached hydrogens (tertiary/aromatic N) is 2. The van der Waals surface area contributed by atoms with E-state index in [0.717, 1.165) is 25.2 Å². The van der Waals surface area contributed by atoms with Crippen LogP contribution in [-0.4, -0.2) is 50.9 Å². The SMILES string of the molecule is CC1CN(c2ccc(NC(=O)c3cccc(S(C)(=O)=O)c3)cn2)CC(C)O1. The van der Waals surface area contributed by atoms with Crippen LogP contribution >= 0.6 is 0 Å². The number of anilines is 2. The van der Waals surface area contributed by atoms with E-state index in [4.69, 9.17) is 4.74 Å². The Balaban J connectivity index is 1.70. The van der Waals surface area contributed by atoms with Gasteiger partial charge in [-0.2, -0.15) is 0 Å². The third-order valence-corrected chi connectivity index (χ3v) is 5.38. The zero-order valence-electron chi connectivity index (χ0n) is 15.5. The number of hydrogen-bond acceptors (Lipinski definition) is 6. The average Bonchev–Trinajstić information content (AvgIpc) is 2.61. The first-order chi connectivity index (χ1) is 12.7. The van der Waals surface area contributed by atoms with Crippen LogP contribution in [0.1, 0.15) is 24.2 Å². The molecule has 144 valence electrons. The standard InChI is InChI=1S/C19H23N3O4S/c1-13-11-22(12-14(2)26-13)18-8-7-16(10-20-18)21-19(23)15-5-4-6-17(9-15)27(3,24)25/h4-10,13-14H,11-12H2,1-3H3,(H,21,23). The number of carbonyl (C=O) groups is 1. The maximum Gasteiger partial charge on any atom is 0.255 e. The van der Waals surface area contributed by atoms with Gasteiger partial charge in [0.05, 0.1) is 29.0 Å². The molecule has 0 bridgehead atoms. The Morgan fingerprint density at radius 2 is 1.89 bits per heavy atom. The minimum Gasteiger partial charge on any atom is -0.372 e. The van der Waals surface area contributed by atoms with Crippen LogP contribution in [0, 0.1) is 0 Å². The van der Waals surface area contributed by atoms with Crippen molar-refractivity contribution in [2.24, 2.45) is 0 Å². The summed E-state index contributed by atoms with van der Waals surface area (Å²) in [7, 11) is -3.37. The number of nitrogens with one attached hydrogen (secondary N) is 1. The van der Waals surface area contributed by atoms with E-state index in [0.29, 0.717) is 5.69 Å². The first kappa shape index (κ1) is 19.3. The Morgan fingerprint density at radius 3 is 2.48 bits per heavy atom. The molecule has 1 aliphatic rings. The van der Waals surface area contributed by atoms with Crippen molar-refractivity contribution in [3.8, 4) is 0 Å². The summed E-state index contributed by atoms with van der Waals surface area (Å²) >= 11 is 0. The molecule has 0 saturated carbocycles. The molecule has 3 rings (SSSR count). The van der Waals surface area contributed by atoms with Crippen LogP contribution in [0.4, 0.5) is 11.5 Å². The second-order valence-electron chi connectivity index (χ2n) is 6.82. The van der Waals surface area contributed by atoms with Crippen molar-refractivity contribution in [3.05, 3.63) is 48.2 Å². The summed E-state index contributed by atoms with van der Waals surface area (Å²) in [5, 5.41) is 2.75. The molecule has 0 spiro atoms. The number of hydrogen-bond donors (Lipinski definition) is 1. The van der Waals surface area contributed by atoms with E-state index in [-0.39, 0.29) is 28.6 Å². The monoisotopic (exact) mass is 389 g/mol. The minimum absolute atomic E-state index is 0.110. The summed E-state index contributed by atoms with van der Waals surface area (Å²) in [5.74, 6) is 0.442. The zero-order chi connectivity index (χ0) is 19.6. The summed E-state index contributed by atoms with van der Waals surface area (Å²) in [6, 6.07) is 9.59. The normalized spacial score (nSPS) is 20.3. The van der Waals surface area contributed by atoms with Crippen molar-refractivity contribution in [3.63, 3.8) is 0 Å². The lowest BCUT2D eigenvalue weighted by atomic mass is 10.2. The van der Waals surface area contributed by atoms with Crippen LogP contribution in [-0.2, 0) is 14.6 Å². The van der Waals surface area contributed by atoms with Crippen LogP contribution in [0.5, 0.6) is 0 Å². The quantitative estimate of drug-likeness (QED) is 0.864. The Hall–Kier alpha value is -2.45. The van der Waals surface area contributed by atoms with Crippen molar-refractivity contribution < 1.29 is 17.9 Å². The summed E-state index contributed by atoms with van der Waals surface area (Å²) in [5.41, 5.74) is 0.820. The molecule has 0 radical (unpaired) electrons. The Morgan fingerprint density at radius 1 is 1.19 bits per heavy atom. The molecule has 1 saturated heterocycles. The molecule has 1 aromatic heterocycles. The molecule has 7 nitrogen and oxygen atoms in total. The number of carbonyl (C=O) groups excluding carboxylic acids is 1. The number of sulfone groups is 1. The smallest absolute Gasteiger partial charge is 0.255 e. The van der Waals surface area contributed by atoms with E-state index >= 15 is 0 Å². The third kappa shape index (κ3) is 4.84. The first-order valence-corrected chi connectivity index (χ1v) is 10.6. The molecule has 1 fully saturated rings. The van der Waals surface area contributed by atoms with Gasteiger partial charge in [-0.15, -0.1) is 0 Å². The van der Waals surface area contributed by atoms with Gasteiger partial charge in [0.15, 0.2) is 9.84 Å². The van der Waals surface area contributed by atoms with Gasteiger partial charge in [0, 0.05) is 24.9 Å². The molecule has 1 aromatic carbocycles. The highest BCUT2D eigenvalue weighted by atomic mass is 32.2. The highest BCUT2D eigenvalue weighted by Gasteiger charge is 2.23. The van der Waals surface area contributed by atoms with Crippen LogP contribution in [0.15, 0.2) is 47.5 Å². The average molecular weight is 389 g/mol. The van der Waals surface area contributed by atoms with Crippen molar-refractivity contribution in [1.82, 2.24) is 4.98 Å². The molecule has 0 aliphatic carbocycles. The Bertz CT molecular complexity index is 918.